The van der Waals surface area contributed by atoms with Gasteiger partial charge < -0.3 is 9.47 Å². The van der Waals surface area contributed by atoms with Gasteiger partial charge in [0.2, 0.25) is 0 Å². The normalized spacial score (nSPS) is 15.8. The maximum absolute atomic E-state index is 14.5. The fraction of sp³-hybridized carbons (Fsp3) is 0.367. The fourth-order valence-corrected chi connectivity index (χ4v) is 7.72. The Morgan fingerprint density at radius 3 is 1.93 bits per heavy atom. The summed E-state index contributed by atoms with van der Waals surface area (Å²) in [5.41, 5.74) is -6.00. The highest BCUT2D eigenvalue weighted by Crippen LogP contribution is 2.54. The maximum atomic E-state index is 14.5. The molecule has 3 aromatic rings. The lowest BCUT2D eigenvalue weighted by atomic mass is 9.88. The average molecular weight is 633 g/mol. The Bertz CT molecular complexity index is 1560. The van der Waals surface area contributed by atoms with Gasteiger partial charge in [0.25, 0.3) is 5.60 Å². The van der Waals surface area contributed by atoms with Crippen LogP contribution in [0, 0.1) is 12.7 Å². The first-order chi connectivity index (χ1) is 20.0. The minimum atomic E-state index is -5.99. The van der Waals surface area contributed by atoms with Gasteiger partial charge in [0.15, 0.2) is 9.84 Å². The van der Waals surface area contributed by atoms with E-state index in [-0.39, 0.29) is 40.0 Å². The van der Waals surface area contributed by atoms with Crippen molar-refractivity contribution in [2.24, 2.45) is 0 Å². The highest BCUT2D eigenvalue weighted by molar-refractivity contribution is 7.92. The fourth-order valence-electron chi connectivity index (χ4n) is 5.50. The quantitative estimate of drug-likeness (QED) is 0.145. The molecule has 0 bridgehead atoms. The predicted octanol–water partition coefficient (Wildman–Crippen LogP) is 7.70. The number of methoxy groups -OCH3 is 1. The van der Waals surface area contributed by atoms with Crippen molar-refractivity contribution in [1.82, 2.24) is 0 Å². The number of carbonyl (C=O) groups is 1. The molecular formula is C30H27F7O5S. The van der Waals surface area contributed by atoms with Crippen LogP contribution in [0.2, 0.25) is 0 Å². The van der Waals surface area contributed by atoms with Gasteiger partial charge in [-0.15, -0.1) is 0 Å². The molecule has 13 heteroatoms. The summed E-state index contributed by atoms with van der Waals surface area (Å²) in [6.07, 6.45) is -10.9. The molecule has 5 nitrogen and oxygen atoms in total. The van der Waals surface area contributed by atoms with Gasteiger partial charge in [0.1, 0.15) is 10.6 Å². The summed E-state index contributed by atoms with van der Waals surface area (Å²) in [7, 11) is -3.15. The number of halogens is 7. The Labute approximate surface area is 243 Å². The van der Waals surface area contributed by atoms with Crippen molar-refractivity contribution >= 4 is 15.8 Å². The molecule has 0 amide bonds. The molecule has 1 saturated carbocycles. The molecule has 0 radical (unpaired) electrons. The number of aryl methyl sites for hydroxylation is 1. The summed E-state index contributed by atoms with van der Waals surface area (Å²) < 4.78 is 136. The number of benzene rings is 3. The lowest BCUT2D eigenvalue weighted by Crippen LogP contribution is -2.55. The molecule has 1 aliphatic carbocycles. The van der Waals surface area contributed by atoms with Gasteiger partial charge in [0.05, 0.1) is 24.2 Å². The molecule has 1 fully saturated rings. The topological polar surface area (TPSA) is 69.7 Å². The van der Waals surface area contributed by atoms with Crippen LogP contribution in [0.1, 0.15) is 58.3 Å². The van der Waals surface area contributed by atoms with Crippen molar-refractivity contribution in [3.05, 3.63) is 100 Å². The second kappa shape index (κ2) is 11.6. The lowest BCUT2D eigenvalue weighted by Gasteiger charge is -2.38. The molecule has 43 heavy (non-hydrogen) atoms. The first kappa shape index (κ1) is 32.5. The van der Waals surface area contributed by atoms with Gasteiger partial charge in [-0.1, -0.05) is 43.2 Å². The highest BCUT2D eigenvalue weighted by Gasteiger charge is 2.73. The van der Waals surface area contributed by atoms with E-state index in [1.165, 1.54) is 19.1 Å². The van der Waals surface area contributed by atoms with Crippen LogP contribution < -0.4 is 0 Å². The van der Waals surface area contributed by atoms with Crippen LogP contribution in [0.3, 0.4) is 0 Å². The van der Waals surface area contributed by atoms with Crippen molar-refractivity contribution in [2.45, 2.75) is 66.8 Å². The summed E-state index contributed by atoms with van der Waals surface area (Å²) in [6, 6.07) is 10.8. The van der Waals surface area contributed by atoms with Gasteiger partial charge >= 0.3 is 18.3 Å². The Morgan fingerprint density at radius 1 is 0.860 bits per heavy atom. The van der Waals surface area contributed by atoms with E-state index < -0.39 is 56.5 Å². The molecule has 0 unspecified atom stereocenters. The number of hydrogen-bond acceptors (Lipinski definition) is 5. The monoisotopic (exact) mass is 632 g/mol. The number of esters is 1. The smallest absolute Gasteiger partial charge is 0.430 e. The second-order valence-electron chi connectivity index (χ2n) is 10.3. The molecular weight excluding hydrogens is 605 g/mol. The predicted molar refractivity (Wildman–Crippen MR) is 141 cm³/mol. The van der Waals surface area contributed by atoms with Crippen molar-refractivity contribution in [3.63, 3.8) is 0 Å². The number of carbonyl (C=O) groups excluding carboxylic acids is 1. The van der Waals surface area contributed by atoms with Crippen LogP contribution in [0.5, 0.6) is 0 Å². The zero-order chi connectivity index (χ0) is 31.8. The Hall–Kier alpha value is -3.45. The Kier molecular flexibility index (Phi) is 8.73. The first-order valence-electron chi connectivity index (χ1n) is 13.1. The maximum Gasteiger partial charge on any atom is 0.430 e. The average Bonchev–Trinajstić information content (AvgIpc) is 3.45. The van der Waals surface area contributed by atoms with Crippen molar-refractivity contribution in [3.8, 4) is 0 Å². The number of ether oxygens (including phenoxy) is 2. The molecule has 0 aliphatic heterocycles. The molecule has 232 valence electrons. The minimum absolute atomic E-state index is 0.0120. The second-order valence-corrected chi connectivity index (χ2v) is 12.6. The summed E-state index contributed by atoms with van der Waals surface area (Å²) >= 11 is 0. The zero-order valence-corrected chi connectivity index (χ0v) is 23.8. The first-order valence-corrected chi connectivity index (χ1v) is 14.5. The molecule has 3 aromatic carbocycles. The standard InChI is InChI=1S/C30H27F7O5S/c1-19-5-6-20(26(38)41-2)17-21(19)18-42-28(29(32,33)34,30(35,36)37)23-9-7-22(8-10-23)27(15-3-4-16-27)43(39,40)25-13-11-24(31)12-14-25/h5-14,17H,3-4,15-16,18H2,1-2H3. The third kappa shape index (κ3) is 5.64. The molecule has 0 atom stereocenters. The molecule has 0 aromatic heterocycles. The van der Waals surface area contributed by atoms with Gasteiger partial charge in [-0.2, -0.15) is 26.3 Å². The van der Waals surface area contributed by atoms with Gasteiger partial charge in [-0.25, -0.2) is 17.6 Å². The van der Waals surface area contributed by atoms with E-state index in [0.717, 1.165) is 49.6 Å². The Balaban J connectivity index is 1.79. The molecule has 4 rings (SSSR count). The number of rotatable bonds is 8. The number of alkyl halides is 6. The lowest BCUT2D eigenvalue weighted by molar-refractivity contribution is -0.392. The summed E-state index contributed by atoms with van der Waals surface area (Å²) in [4.78, 5) is 11.7. The van der Waals surface area contributed by atoms with Crippen molar-refractivity contribution in [2.75, 3.05) is 7.11 Å². The van der Waals surface area contributed by atoms with Gasteiger partial charge in [-0.3, -0.25) is 0 Å². The number of sulfone groups is 1. The van der Waals surface area contributed by atoms with Crippen LogP contribution in [-0.4, -0.2) is 33.8 Å². The molecule has 0 spiro atoms. The third-order valence-electron chi connectivity index (χ3n) is 7.88. The third-order valence-corrected chi connectivity index (χ3v) is 10.4. The highest BCUT2D eigenvalue weighted by atomic mass is 32.2. The molecule has 0 saturated heterocycles. The van der Waals surface area contributed by atoms with Crippen molar-refractivity contribution in [1.29, 1.82) is 0 Å². The Morgan fingerprint density at radius 2 is 1.42 bits per heavy atom. The molecule has 0 heterocycles. The van der Waals surface area contributed by atoms with Crippen molar-refractivity contribution < 1.29 is 53.4 Å². The summed E-state index contributed by atoms with van der Waals surface area (Å²) in [5.74, 6) is -1.52. The van der Waals surface area contributed by atoms with Crippen LogP contribution in [0.4, 0.5) is 30.7 Å². The minimum Gasteiger partial charge on any atom is -0.465 e. The van der Waals surface area contributed by atoms with Gasteiger partial charge in [0, 0.05) is 5.56 Å². The van der Waals surface area contributed by atoms with Crippen LogP contribution >= 0.6 is 0 Å². The molecule has 1 aliphatic rings. The van der Waals surface area contributed by atoms with E-state index in [0.29, 0.717) is 25.0 Å². The SMILES string of the molecule is COC(=O)c1ccc(C)c(COC(c2ccc(C3(S(=O)(=O)c4ccc(F)cc4)CCCC3)cc2)(C(F)(F)F)C(F)(F)F)c1. The van der Waals surface area contributed by atoms with E-state index in [1.807, 2.05) is 0 Å². The zero-order valence-electron chi connectivity index (χ0n) is 23.0. The van der Waals surface area contributed by atoms with E-state index in [2.05, 4.69) is 4.74 Å². The largest absolute Gasteiger partial charge is 0.465 e. The van der Waals surface area contributed by atoms with Crippen LogP contribution in [0.25, 0.3) is 0 Å². The van der Waals surface area contributed by atoms with E-state index in [1.54, 1.807) is 0 Å². The number of hydrogen-bond donors (Lipinski definition) is 0. The van der Waals surface area contributed by atoms with E-state index in [9.17, 15) is 43.9 Å². The molecule has 0 N–H and O–H groups in total. The van der Waals surface area contributed by atoms with Gasteiger partial charge in [-0.05, 0) is 72.9 Å². The summed E-state index contributed by atoms with van der Waals surface area (Å²) in [6.45, 7) is 0.264. The van der Waals surface area contributed by atoms with Crippen LogP contribution in [-0.2, 0) is 36.3 Å². The van der Waals surface area contributed by atoms with E-state index in [4.69, 9.17) is 4.74 Å². The van der Waals surface area contributed by atoms with E-state index >= 15 is 0 Å². The summed E-state index contributed by atoms with van der Waals surface area (Å²) in [5, 5.41) is 0. The van der Waals surface area contributed by atoms with Crippen LogP contribution in [0.15, 0.2) is 71.6 Å².